The maximum Gasteiger partial charge on any atom is 0.0825 e. The summed E-state index contributed by atoms with van der Waals surface area (Å²) in [7, 11) is 0. The average Bonchev–Trinajstić information content (AvgIpc) is 2.49. The van der Waals surface area contributed by atoms with Crippen LogP contribution >= 0.6 is 0 Å². The molecule has 15 heavy (non-hydrogen) atoms. The first-order valence-electron chi connectivity index (χ1n) is 5.63. The summed E-state index contributed by atoms with van der Waals surface area (Å²) in [6, 6.07) is 0.530. The third-order valence-electron chi connectivity index (χ3n) is 2.93. The summed E-state index contributed by atoms with van der Waals surface area (Å²) in [5, 5.41) is 10.7. The van der Waals surface area contributed by atoms with Crippen LogP contribution in [0.5, 0.6) is 0 Å². The molecule has 1 aliphatic heterocycles. The highest BCUT2D eigenvalue weighted by Gasteiger charge is 2.15. The second kappa shape index (κ2) is 4.66. The van der Waals surface area contributed by atoms with Crippen LogP contribution in [-0.2, 0) is 4.74 Å². The minimum Gasteiger partial charge on any atom is -0.381 e. The lowest BCUT2D eigenvalue weighted by molar-refractivity contribution is 0.144. The molecule has 1 aromatic heterocycles. The Hall–Kier alpha value is -1.03. The van der Waals surface area contributed by atoms with Crippen molar-refractivity contribution < 1.29 is 4.74 Å². The summed E-state index contributed by atoms with van der Waals surface area (Å²) in [6.07, 6.45) is 3.42. The van der Waals surface area contributed by atoms with Crippen molar-refractivity contribution in [3.05, 3.63) is 11.4 Å². The van der Waals surface area contributed by atoms with Gasteiger partial charge in [0.05, 0.1) is 17.1 Å². The minimum atomic E-state index is 0.530. The van der Waals surface area contributed by atoms with Crippen LogP contribution in [0.1, 0.15) is 30.7 Å². The van der Waals surface area contributed by atoms with E-state index in [0.717, 1.165) is 37.4 Å². The Kier molecular flexibility index (Phi) is 3.26. The van der Waals surface area contributed by atoms with Gasteiger partial charge in [-0.2, -0.15) is 5.10 Å². The summed E-state index contributed by atoms with van der Waals surface area (Å²) in [5.74, 6) is 0. The standard InChI is InChI=1S/C11H19N3O/c1-8-11(9(2)14-13-8)12-10-4-3-6-15-7-5-10/h10,12H,3-7H2,1-2H3,(H,13,14). The highest BCUT2D eigenvalue weighted by atomic mass is 16.5. The van der Waals surface area contributed by atoms with E-state index in [-0.39, 0.29) is 0 Å². The quantitative estimate of drug-likeness (QED) is 0.783. The number of hydrogen-bond donors (Lipinski definition) is 2. The second-order valence-corrected chi connectivity index (χ2v) is 4.19. The van der Waals surface area contributed by atoms with E-state index < -0.39 is 0 Å². The van der Waals surface area contributed by atoms with Crippen LogP contribution < -0.4 is 5.32 Å². The van der Waals surface area contributed by atoms with Crippen molar-refractivity contribution in [1.82, 2.24) is 10.2 Å². The Bertz CT molecular complexity index is 294. The molecule has 0 saturated carbocycles. The van der Waals surface area contributed by atoms with Gasteiger partial charge in [-0.1, -0.05) is 0 Å². The molecule has 0 spiro atoms. The van der Waals surface area contributed by atoms with E-state index >= 15 is 0 Å². The van der Waals surface area contributed by atoms with Gasteiger partial charge < -0.3 is 10.1 Å². The summed E-state index contributed by atoms with van der Waals surface area (Å²) in [6.45, 7) is 5.85. The Balaban J connectivity index is 2.00. The fraction of sp³-hybridized carbons (Fsp3) is 0.727. The van der Waals surface area contributed by atoms with Gasteiger partial charge in [0.25, 0.3) is 0 Å². The largest absolute Gasteiger partial charge is 0.381 e. The first-order valence-corrected chi connectivity index (χ1v) is 5.63. The molecule has 1 saturated heterocycles. The molecule has 84 valence electrons. The number of nitrogens with zero attached hydrogens (tertiary/aromatic N) is 1. The Morgan fingerprint density at radius 3 is 2.93 bits per heavy atom. The van der Waals surface area contributed by atoms with Crippen LogP contribution in [0, 0.1) is 13.8 Å². The first kappa shape index (κ1) is 10.5. The van der Waals surface area contributed by atoms with Crippen LogP contribution in [-0.4, -0.2) is 29.5 Å². The molecule has 2 N–H and O–H groups in total. The van der Waals surface area contributed by atoms with E-state index in [1.165, 1.54) is 12.1 Å². The molecule has 2 rings (SSSR count). The predicted molar refractivity (Wildman–Crippen MR) is 60.1 cm³/mol. The average molecular weight is 209 g/mol. The number of anilines is 1. The SMILES string of the molecule is Cc1n[nH]c(C)c1NC1CCCOCC1. The van der Waals surface area contributed by atoms with E-state index in [2.05, 4.69) is 22.4 Å². The highest BCUT2D eigenvalue weighted by molar-refractivity contribution is 5.52. The molecule has 2 heterocycles. The van der Waals surface area contributed by atoms with Gasteiger partial charge in [0.2, 0.25) is 0 Å². The van der Waals surface area contributed by atoms with Crippen molar-refractivity contribution >= 4 is 5.69 Å². The van der Waals surface area contributed by atoms with E-state index in [1.54, 1.807) is 0 Å². The topological polar surface area (TPSA) is 49.9 Å². The van der Waals surface area contributed by atoms with Crippen molar-refractivity contribution in [2.75, 3.05) is 18.5 Å². The second-order valence-electron chi connectivity index (χ2n) is 4.19. The van der Waals surface area contributed by atoms with Gasteiger partial charge in [-0.05, 0) is 33.1 Å². The van der Waals surface area contributed by atoms with Crippen molar-refractivity contribution in [3.63, 3.8) is 0 Å². The predicted octanol–water partition coefficient (Wildman–Crippen LogP) is 2.01. The fourth-order valence-electron chi connectivity index (χ4n) is 2.02. The van der Waals surface area contributed by atoms with Crippen LogP contribution in [0.15, 0.2) is 0 Å². The molecule has 0 aliphatic carbocycles. The third kappa shape index (κ3) is 2.50. The summed E-state index contributed by atoms with van der Waals surface area (Å²) in [4.78, 5) is 0. The molecule has 4 heteroatoms. The summed E-state index contributed by atoms with van der Waals surface area (Å²) >= 11 is 0. The number of rotatable bonds is 2. The maximum atomic E-state index is 5.44. The van der Waals surface area contributed by atoms with E-state index in [9.17, 15) is 0 Å². The van der Waals surface area contributed by atoms with Crippen molar-refractivity contribution in [3.8, 4) is 0 Å². The smallest absolute Gasteiger partial charge is 0.0825 e. The summed E-state index contributed by atoms with van der Waals surface area (Å²) in [5.41, 5.74) is 3.34. The number of ether oxygens (including phenoxy) is 1. The zero-order chi connectivity index (χ0) is 10.7. The summed E-state index contributed by atoms with van der Waals surface area (Å²) < 4.78 is 5.44. The Morgan fingerprint density at radius 2 is 2.20 bits per heavy atom. The zero-order valence-corrected chi connectivity index (χ0v) is 9.47. The van der Waals surface area contributed by atoms with E-state index in [4.69, 9.17) is 4.74 Å². The molecule has 4 nitrogen and oxygen atoms in total. The molecule has 1 unspecified atom stereocenters. The molecule has 0 radical (unpaired) electrons. The molecule has 0 bridgehead atoms. The maximum absolute atomic E-state index is 5.44. The van der Waals surface area contributed by atoms with Gasteiger partial charge in [-0.3, -0.25) is 5.10 Å². The highest BCUT2D eigenvalue weighted by Crippen LogP contribution is 2.20. The van der Waals surface area contributed by atoms with Gasteiger partial charge in [-0.25, -0.2) is 0 Å². The third-order valence-corrected chi connectivity index (χ3v) is 2.93. The van der Waals surface area contributed by atoms with Gasteiger partial charge >= 0.3 is 0 Å². The van der Waals surface area contributed by atoms with Crippen molar-refractivity contribution in [1.29, 1.82) is 0 Å². The number of nitrogens with one attached hydrogen (secondary N) is 2. The number of aryl methyl sites for hydroxylation is 2. The lowest BCUT2D eigenvalue weighted by Crippen LogP contribution is -2.20. The minimum absolute atomic E-state index is 0.530. The van der Waals surface area contributed by atoms with Crippen molar-refractivity contribution in [2.45, 2.75) is 39.2 Å². The van der Waals surface area contributed by atoms with Crippen LogP contribution in [0.4, 0.5) is 5.69 Å². The van der Waals surface area contributed by atoms with E-state index in [0.29, 0.717) is 6.04 Å². The number of H-pyrrole nitrogens is 1. The number of aromatic amines is 1. The Labute approximate surface area is 90.4 Å². The lowest BCUT2D eigenvalue weighted by atomic mass is 10.1. The molecule has 1 aromatic rings. The van der Waals surface area contributed by atoms with E-state index in [1.807, 2.05) is 6.92 Å². The number of hydrogen-bond acceptors (Lipinski definition) is 3. The van der Waals surface area contributed by atoms with Gasteiger partial charge in [0.15, 0.2) is 0 Å². The Morgan fingerprint density at radius 1 is 1.33 bits per heavy atom. The fourth-order valence-corrected chi connectivity index (χ4v) is 2.02. The molecule has 1 fully saturated rings. The zero-order valence-electron chi connectivity index (χ0n) is 9.47. The van der Waals surface area contributed by atoms with Gasteiger partial charge in [0.1, 0.15) is 0 Å². The number of aromatic nitrogens is 2. The molecule has 1 atom stereocenters. The van der Waals surface area contributed by atoms with Crippen LogP contribution in [0.25, 0.3) is 0 Å². The molecular weight excluding hydrogens is 190 g/mol. The molecule has 1 aliphatic rings. The molecule has 0 amide bonds. The van der Waals surface area contributed by atoms with Crippen LogP contribution in [0.2, 0.25) is 0 Å². The van der Waals surface area contributed by atoms with Crippen LogP contribution in [0.3, 0.4) is 0 Å². The molecule has 0 aromatic carbocycles. The first-order chi connectivity index (χ1) is 7.27. The normalized spacial score (nSPS) is 22.4. The lowest BCUT2D eigenvalue weighted by Gasteiger charge is -2.16. The van der Waals surface area contributed by atoms with Crippen molar-refractivity contribution in [2.24, 2.45) is 0 Å². The van der Waals surface area contributed by atoms with Gasteiger partial charge in [-0.15, -0.1) is 0 Å². The molecular formula is C11H19N3O. The monoisotopic (exact) mass is 209 g/mol. The van der Waals surface area contributed by atoms with Gasteiger partial charge in [0, 0.05) is 19.3 Å².